The summed E-state index contributed by atoms with van der Waals surface area (Å²) in [5.74, 6) is 0.605. The second kappa shape index (κ2) is 6.92. The molecule has 0 spiro atoms. The van der Waals surface area contributed by atoms with Crippen LogP contribution in [0.1, 0.15) is 20.8 Å². The first kappa shape index (κ1) is 17.2. The summed E-state index contributed by atoms with van der Waals surface area (Å²) in [5.41, 5.74) is -1.28. The van der Waals surface area contributed by atoms with Crippen LogP contribution >= 0.6 is 11.6 Å². The van der Waals surface area contributed by atoms with Crippen molar-refractivity contribution in [2.75, 3.05) is 0 Å². The molecule has 0 aliphatic carbocycles. The van der Waals surface area contributed by atoms with Crippen molar-refractivity contribution < 1.29 is 19.4 Å². The Kier molecular flexibility index (Phi) is 5.16. The fourth-order valence-corrected chi connectivity index (χ4v) is 1.99. The molecule has 4 nitrogen and oxygen atoms in total. The molecule has 2 aromatic carbocycles. The van der Waals surface area contributed by atoms with Crippen molar-refractivity contribution in [3.63, 3.8) is 0 Å². The summed E-state index contributed by atoms with van der Waals surface area (Å²) in [5, 5.41) is 10.0. The predicted molar refractivity (Wildman–Crippen MR) is 89.5 cm³/mol. The molecule has 23 heavy (non-hydrogen) atoms. The lowest BCUT2D eigenvalue weighted by atomic mass is 9.92. The molecule has 0 aliphatic heterocycles. The van der Waals surface area contributed by atoms with Crippen LogP contribution in [0.15, 0.2) is 48.5 Å². The van der Waals surface area contributed by atoms with E-state index in [4.69, 9.17) is 21.1 Å². The second-order valence-electron chi connectivity index (χ2n) is 5.70. The average molecular weight is 335 g/mol. The van der Waals surface area contributed by atoms with Crippen molar-refractivity contribution >= 4 is 17.6 Å². The average Bonchev–Trinajstić information content (AvgIpc) is 2.51. The number of carbonyl (C=O) groups is 1. The van der Waals surface area contributed by atoms with E-state index in [-0.39, 0.29) is 5.92 Å². The van der Waals surface area contributed by atoms with Crippen LogP contribution in [0.25, 0.3) is 0 Å². The maximum absolute atomic E-state index is 11.4. The van der Waals surface area contributed by atoms with Gasteiger partial charge >= 0.3 is 5.97 Å². The van der Waals surface area contributed by atoms with Gasteiger partial charge in [-0.3, -0.25) is 0 Å². The van der Waals surface area contributed by atoms with E-state index in [0.29, 0.717) is 22.3 Å². The third kappa shape index (κ3) is 4.17. The summed E-state index contributed by atoms with van der Waals surface area (Å²) in [4.78, 5) is 11.4. The Morgan fingerprint density at radius 1 is 1.00 bits per heavy atom. The molecule has 0 aliphatic rings. The normalized spacial score (nSPS) is 13.4. The maximum Gasteiger partial charge on any atom is 0.348 e. The predicted octanol–water partition coefficient (Wildman–Crippen LogP) is 5.01. The van der Waals surface area contributed by atoms with Gasteiger partial charge in [0.05, 0.1) is 0 Å². The first-order valence-corrected chi connectivity index (χ1v) is 7.65. The molecule has 2 aromatic rings. The van der Waals surface area contributed by atoms with E-state index in [2.05, 4.69) is 0 Å². The van der Waals surface area contributed by atoms with Crippen LogP contribution in [0.5, 0.6) is 17.2 Å². The summed E-state index contributed by atoms with van der Waals surface area (Å²) in [6, 6.07) is 13.9. The number of rotatable bonds is 6. The van der Waals surface area contributed by atoms with E-state index in [0.717, 1.165) is 0 Å². The highest BCUT2D eigenvalue weighted by atomic mass is 35.5. The zero-order valence-corrected chi connectivity index (χ0v) is 14.0. The number of carboxylic acid groups (broad SMARTS) is 1. The van der Waals surface area contributed by atoms with Crippen LogP contribution in [0.2, 0.25) is 5.02 Å². The third-order valence-corrected chi connectivity index (χ3v) is 3.98. The summed E-state index contributed by atoms with van der Waals surface area (Å²) >= 11 is 5.83. The van der Waals surface area contributed by atoms with Gasteiger partial charge in [-0.15, -0.1) is 0 Å². The van der Waals surface area contributed by atoms with Crippen LogP contribution in [0.3, 0.4) is 0 Å². The van der Waals surface area contributed by atoms with E-state index in [1.807, 2.05) is 13.8 Å². The number of halogens is 1. The summed E-state index contributed by atoms with van der Waals surface area (Å²) in [6.45, 7) is 5.19. The quantitative estimate of drug-likeness (QED) is 0.806. The Bertz CT molecular complexity index is 664. The van der Waals surface area contributed by atoms with Crippen LogP contribution in [0.4, 0.5) is 0 Å². The lowest BCUT2D eigenvalue weighted by Gasteiger charge is -2.30. The fourth-order valence-electron chi connectivity index (χ4n) is 1.87. The molecule has 1 atom stereocenters. The van der Waals surface area contributed by atoms with Gasteiger partial charge in [0.1, 0.15) is 17.2 Å². The molecule has 122 valence electrons. The Morgan fingerprint density at radius 2 is 1.43 bits per heavy atom. The Hall–Kier alpha value is -2.20. The number of aliphatic carboxylic acids is 1. The third-order valence-electron chi connectivity index (χ3n) is 3.73. The molecule has 0 aromatic heterocycles. The van der Waals surface area contributed by atoms with Crippen LogP contribution in [-0.2, 0) is 4.79 Å². The molecule has 0 fully saturated rings. The molecule has 0 bridgehead atoms. The smallest absolute Gasteiger partial charge is 0.348 e. The summed E-state index contributed by atoms with van der Waals surface area (Å²) < 4.78 is 11.4. The standard InChI is InChI=1S/C18H19ClO4/c1-12(2)18(3,17(20)21)23-16-10-8-15(9-11-16)22-14-6-4-13(19)5-7-14/h4-12H,1-3H3,(H,20,21). The van der Waals surface area contributed by atoms with Crippen molar-refractivity contribution in [2.45, 2.75) is 26.4 Å². The number of carboxylic acids is 1. The van der Waals surface area contributed by atoms with Gasteiger partial charge in [-0.05, 0) is 55.5 Å². The lowest BCUT2D eigenvalue weighted by molar-refractivity contribution is -0.157. The molecule has 0 amide bonds. The molecule has 0 heterocycles. The topological polar surface area (TPSA) is 55.8 Å². The Labute approximate surface area is 140 Å². The lowest BCUT2D eigenvalue weighted by Crippen LogP contribution is -2.46. The molecular formula is C18H19ClO4. The highest BCUT2D eigenvalue weighted by Crippen LogP contribution is 2.29. The van der Waals surface area contributed by atoms with Gasteiger partial charge in [0.15, 0.2) is 0 Å². The molecule has 0 radical (unpaired) electrons. The highest BCUT2D eigenvalue weighted by Gasteiger charge is 2.39. The van der Waals surface area contributed by atoms with Crippen molar-refractivity contribution in [1.29, 1.82) is 0 Å². The minimum absolute atomic E-state index is 0.176. The molecule has 5 heteroatoms. The largest absolute Gasteiger partial charge is 0.478 e. The van der Waals surface area contributed by atoms with Gasteiger partial charge in [0, 0.05) is 10.9 Å². The van der Waals surface area contributed by atoms with E-state index < -0.39 is 11.6 Å². The maximum atomic E-state index is 11.4. The second-order valence-corrected chi connectivity index (χ2v) is 6.13. The molecule has 1 unspecified atom stereocenters. The van der Waals surface area contributed by atoms with E-state index in [1.54, 1.807) is 55.5 Å². The minimum Gasteiger partial charge on any atom is -0.478 e. The Morgan fingerprint density at radius 3 is 1.87 bits per heavy atom. The van der Waals surface area contributed by atoms with Crippen molar-refractivity contribution in [3.05, 3.63) is 53.6 Å². The monoisotopic (exact) mass is 334 g/mol. The van der Waals surface area contributed by atoms with Gasteiger partial charge in [-0.2, -0.15) is 0 Å². The number of benzene rings is 2. The van der Waals surface area contributed by atoms with Crippen LogP contribution in [0, 0.1) is 5.92 Å². The summed E-state index contributed by atoms with van der Waals surface area (Å²) in [6.07, 6.45) is 0. The molecule has 0 saturated heterocycles. The molecule has 0 saturated carbocycles. The first-order valence-electron chi connectivity index (χ1n) is 7.27. The summed E-state index contributed by atoms with van der Waals surface area (Å²) in [7, 11) is 0. The highest BCUT2D eigenvalue weighted by molar-refractivity contribution is 6.30. The SMILES string of the molecule is CC(C)C(C)(Oc1ccc(Oc2ccc(Cl)cc2)cc1)C(=O)O. The molecular weight excluding hydrogens is 316 g/mol. The van der Waals surface area contributed by atoms with Crippen molar-refractivity contribution in [3.8, 4) is 17.2 Å². The Balaban J connectivity index is 2.10. The van der Waals surface area contributed by atoms with E-state index in [1.165, 1.54) is 0 Å². The first-order chi connectivity index (χ1) is 10.8. The van der Waals surface area contributed by atoms with E-state index >= 15 is 0 Å². The van der Waals surface area contributed by atoms with Gasteiger partial charge in [0.2, 0.25) is 5.60 Å². The zero-order valence-electron chi connectivity index (χ0n) is 13.2. The van der Waals surface area contributed by atoms with Gasteiger partial charge in [-0.1, -0.05) is 25.4 Å². The zero-order chi connectivity index (χ0) is 17.0. The van der Waals surface area contributed by atoms with Gasteiger partial charge in [-0.25, -0.2) is 4.79 Å². The van der Waals surface area contributed by atoms with E-state index in [9.17, 15) is 9.90 Å². The number of hydrogen-bond acceptors (Lipinski definition) is 3. The van der Waals surface area contributed by atoms with Crippen LogP contribution < -0.4 is 9.47 Å². The van der Waals surface area contributed by atoms with Crippen LogP contribution in [-0.4, -0.2) is 16.7 Å². The van der Waals surface area contributed by atoms with Crippen molar-refractivity contribution in [1.82, 2.24) is 0 Å². The minimum atomic E-state index is -1.28. The van der Waals surface area contributed by atoms with Gasteiger partial charge in [0.25, 0.3) is 0 Å². The fraction of sp³-hybridized carbons (Fsp3) is 0.278. The molecule has 2 rings (SSSR count). The number of ether oxygens (including phenoxy) is 2. The van der Waals surface area contributed by atoms with Crippen molar-refractivity contribution in [2.24, 2.45) is 5.92 Å². The molecule has 1 N–H and O–H groups in total. The number of hydrogen-bond donors (Lipinski definition) is 1. The van der Waals surface area contributed by atoms with Gasteiger partial charge < -0.3 is 14.6 Å².